The van der Waals surface area contributed by atoms with Gasteiger partial charge in [0.2, 0.25) is 0 Å². The van der Waals surface area contributed by atoms with Crippen molar-refractivity contribution in [2.24, 2.45) is 5.92 Å². The molecule has 0 saturated heterocycles. The van der Waals surface area contributed by atoms with Crippen molar-refractivity contribution in [3.8, 4) is 11.5 Å². The predicted octanol–water partition coefficient (Wildman–Crippen LogP) is 2.90. The summed E-state index contributed by atoms with van der Waals surface area (Å²) in [6.45, 7) is 5.16. The van der Waals surface area contributed by atoms with Crippen LogP contribution in [-0.2, 0) is 6.54 Å². The Hall–Kier alpha value is -2.37. The topological polar surface area (TPSA) is 82.8 Å². The Morgan fingerprint density at radius 1 is 1.33 bits per heavy atom. The largest absolute Gasteiger partial charge is 0.379 e. The Morgan fingerprint density at radius 3 is 2.81 bits per heavy atom. The molecule has 21 heavy (non-hydrogen) atoms. The molecular formula is C15H19N5O. The number of imidazole rings is 1. The maximum absolute atomic E-state index is 5.81. The molecule has 1 aliphatic rings. The van der Waals surface area contributed by atoms with Gasteiger partial charge >= 0.3 is 0 Å². The van der Waals surface area contributed by atoms with E-state index in [9.17, 15) is 0 Å². The van der Waals surface area contributed by atoms with Gasteiger partial charge in [-0.05, 0) is 34.6 Å². The fourth-order valence-electron chi connectivity index (χ4n) is 2.43. The number of hydrogen-bond acceptors (Lipinski definition) is 5. The standard InChI is InChI=1S/C15H19N5O/c1-10(2)8-20-9-12(11-6-4-3-5-7-11)17-15(20)13-14(16)19-21-18-13/h4,6-7,9-10H,3,5,8H2,1-2H3,(H2,16,19). The minimum atomic E-state index is 0.269. The molecule has 6 nitrogen and oxygen atoms in total. The molecule has 0 aromatic carbocycles. The van der Waals surface area contributed by atoms with Crippen molar-refractivity contribution in [3.63, 3.8) is 0 Å². The summed E-state index contributed by atoms with van der Waals surface area (Å²) in [6, 6.07) is 0. The summed E-state index contributed by atoms with van der Waals surface area (Å²) in [5, 5.41) is 7.53. The summed E-state index contributed by atoms with van der Waals surface area (Å²) in [6.07, 6.45) is 10.7. The van der Waals surface area contributed by atoms with E-state index in [4.69, 9.17) is 15.3 Å². The Morgan fingerprint density at radius 2 is 2.19 bits per heavy atom. The molecule has 0 bridgehead atoms. The average molecular weight is 285 g/mol. The minimum Gasteiger partial charge on any atom is -0.379 e. The lowest BCUT2D eigenvalue weighted by atomic mass is 10.1. The van der Waals surface area contributed by atoms with E-state index in [1.165, 1.54) is 0 Å². The molecule has 0 aliphatic heterocycles. The molecular weight excluding hydrogens is 266 g/mol. The van der Waals surface area contributed by atoms with E-state index in [1.807, 2.05) is 6.20 Å². The highest BCUT2D eigenvalue weighted by Crippen LogP contribution is 2.27. The molecule has 2 aromatic rings. The third-order valence-corrected chi connectivity index (χ3v) is 3.35. The van der Waals surface area contributed by atoms with Crippen LogP contribution in [0.1, 0.15) is 32.4 Å². The van der Waals surface area contributed by atoms with E-state index in [0.29, 0.717) is 17.4 Å². The Kier molecular flexibility index (Phi) is 3.60. The average Bonchev–Trinajstić information content (AvgIpc) is 3.05. The van der Waals surface area contributed by atoms with Gasteiger partial charge in [0, 0.05) is 12.7 Å². The van der Waals surface area contributed by atoms with Crippen LogP contribution in [0.2, 0.25) is 0 Å². The van der Waals surface area contributed by atoms with E-state index < -0.39 is 0 Å². The SMILES string of the molecule is CC(C)Cn1cc(C2=CCCC=C2)nc1-c1nonc1N. The molecule has 110 valence electrons. The molecule has 0 unspecified atom stereocenters. The lowest BCUT2D eigenvalue weighted by Gasteiger charge is -2.08. The van der Waals surface area contributed by atoms with Crippen LogP contribution in [0.5, 0.6) is 0 Å². The van der Waals surface area contributed by atoms with Gasteiger partial charge in [0.15, 0.2) is 17.3 Å². The van der Waals surface area contributed by atoms with Crippen LogP contribution >= 0.6 is 0 Å². The third kappa shape index (κ3) is 2.74. The van der Waals surface area contributed by atoms with E-state index in [2.05, 4.69) is 47.0 Å². The van der Waals surface area contributed by atoms with Crippen LogP contribution in [0, 0.1) is 5.92 Å². The summed E-state index contributed by atoms with van der Waals surface area (Å²) in [4.78, 5) is 4.69. The molecule has 2 N–H and O–H groups in total. The lowest BCUT2D eigenvalue weighted by molar-refractivity contribution is 0.310. The zero-order chi connectivity index (χ0) is 14.8. The molecule has 0 radical (unpaired) electrons. The normalized spacial score (nSPS) is 14.7. The van der Waals surface area contributed by atoms with Crippen molar-refractivity contribution in [1.82, 2.24) is 19.9 Å². The summed E-state index contributed by atoms with van der Waals surface area (Å²) in [7, 11) is 0. The first-order valence-corrected chi connectivity index (χ1v) is 7.18. The van der Waals surface area contributed by atoms with Gasteiger partial charge in [0.1, 0.15) is 0 Å². The zero-order valence-corrected chi connectivity index (χ0v) is 12.3. The highest BCUT2D eigenvalue weighted by molar-refractivity contribution is 5.74. The summed E-state index contributed by atoms with van der Waals surface area (Å²) in [5.41, 5.74) is 8.39. The number of rotatable bonds is 4. The van der Waals surface area contributed by atoms with Gasteiger partial charge in [-0.3, -0.25) is 0 Å². The van der Waals surface area contributed by atoms with Gasteiger partial charge in [-0.2, -0.15) is 0 Å². The summed E-state index contributed by atoms with van der Waals surface area (Å²) in [5.74, 6) is 1.46. The fourth-order valence-corrected chi connectivity index (χ4v) is 2.43. The first kappa shape index (κ1) is 13.6. The molecule has 0 spiro atoms. The van der Waals surface area contributed by atoms with E-state index in [-0.39, 0.29) is 5.82 Å². The Bertz CT molecular complexity index is 693. The highest BCUT2D eigenvalue weighted by atomic mass is 16.6. The van der Waals surface area contributed by atoms with Gasteiger partial charge in [-0.25, -0.2) is 9.61 Å². The van der Waals surface area contributed by atoms with Crippen LogP contribution in [0.15, 0.2) is 29.1 Å². The smallest absolute Gasteiger partial charge is 0.199 e. The van der Waals surface area contributed by atoms with Crippen molar-refractivity contribution in [1.29, 1.82) is 0 Å². The molecule has 0 atom stereocenters. The van der Waals surface area contributed by atoms with Crippen LogP contribution in [0.4, 0.5) is 5.82 Å². The Labute approximate surface area is 123 Å². The molecule has 6 heteroatoms. The summed E-state index contributed by atoms with van der Waals surface area (Å²) >= 11 is 0. The maximum atomic E-state index is 5.81. The second-order valence-electron chi connectivity index (χ2n) is 5.63. The molecule has 2 heterocycles. The van der Waals surface area contributed by atoms with Gasteiger partial charge in [-0.1, -0.05) is 32.1 Å². The second kappa shape index (κ2) is 5.55. The van der Waals surface area contributed by atoms with Crippen molar-refractivity contribution in [3.05, 3.63) is 30.1 Å². The van der Waals surface area contributed by atoms with Gasteiger partial charge < -0.3 is 10.3 Å². The molecule has 1 aliphatic carbocycles. The lowest BCUT2D eigenvalue weighted by Crippen LogP contribution is -2.06. The number of aromatic nitrogens is 4. The third-order valence-electron chi connectivity index (χ3n) is 3.35. The van der Waals surface area contributed by atoms with Gasteiger partial charge in [-0.15, -0.1) is 0 Å². The van der Waals surface area contributed by atoms with Crippen LogP contribution < -0.4 is 5.73 Å². The number of hydrogen-bond donors (Lipinski definition) is 1. The number of anilines is 1. The quantitative estimate of drug-likeness (QED) is 0.933. The fraction of sp³-hybridized carbons (Fsp3) is 0.400. The Balaban J connectivity index is 2.05. The van der Waals surface area contributed by atoms with Crippen LogP contribution in [-0.4, -0.2) is 19.9 Å². The van der Waals surface area contributed by atoms with Crippen molar-refractivity contribution in [2.75, 3.05) is 5.73 Å². The molecule has 0 amide bonds. The summed E-state index contributed by atoms with van der Waals surface area (Å²) < 4.78 is 6.78. The van der Waals surface area contributed by atoms with Crippen LogP contribution in [0.25, 0.3) is 17.1 Å². The van der Waals surface area contributed by atoms with Crippen LogP contribution in [0.3, 0.4) is 0 Å². The molecule has 0 fully saturated rings. The molecule has 2 aromatic heterocycles. The molecule has 3 rings (SSSR count). The molecule has 0 saturated carbocycles. The monoisotopic (exact) mass is 285 g/mol. The number of allylic oxidation sites excluding steroid dienone is 4. The van der Waals surface area contributed by atoms with E-state index in [1.54, 1.807) is 0 Å². The van der Waals surface area contributed by atoms with Crippen molar-refractivity contribution < 1.29 is 4.63 Å². The minimum absolute atomic E-state index is 0.269. The number of nitrogens with two attached hydrogens (primary N) is 1. The van der Waals surface area contributed by atoms with Crippen molar-refractivity contribution in [2.45, 2.75) is 33.2 Å². The zero-order valence-electron chi connectivity index (χ0n) is 12.3. The van der Waals surface area contributed by atoms with Gasteiger partial charge in [0.25, 0.3) is 0 Å². The first-order chi connectivity index (χ1) is 10.1. The first-order valence-electron chi connectivity index (χ1n) is 7.18. The maximum Gasteiger partial charge on any atom is 0.199 e. The highest BCUT2D eigenvalue weighted by Gasteiger charge is 2.19. The predicted molar refractivity (Wildman–Crippen MR) is 81.1 cm³/mol. The van der Waals surface area contributed by atoms with Gasteiger partial charge in [0.05, 0.1) is 5.69 Å². The second-order valence-corrected chi connectivity index (χ2v) is 5.63. The number of nitrogen functional groups attached to an aromatic ring is 1. The van der Waals surface area contributed by atoms with Crippen molar-refractivity contribution >= 4 is 11.4 Å². The van der Waals surface area contributed by atoms with E-state index in [0.717, 1.165) is 30.7 Å². The van der Waals surface area contributed by atoms with E-state index >= 15 is 0 Å². The number of nitrogens with zero attached hydrogens (tertiary/aromatic N) is 4.